The van der Waals surface area contributed by atoms with Gasteiger partial charge in [-0.1, -0.05) is 11.8 Å². The molecule has 2 aromatic rings. The minimum atomic E-state index is -4.66. The maximum atomic E-state index is 12.6. The topological polar surface area (TPSA) is 40.5 Å². The highest BCUT2D eigenvalue weighted by atomic mass is 19.4. The first-order chi connectivity index (χ1) is 11.0. The largest absolute Gasteiger partial charge is 0.507 e. The Bertz CT molecular complexity index is 758. The second kappa shape index (κ2) is 6.00. The molecular weight excluding hydrogens is 338 g/mol. The van der Waals surface area contributed by atoms with Crippen LogP contribution in [0.25, 0.3) is 0 Å². The fourth-order valence-corrected chi connectivity index (χ4v) is 1.76. The van der Waals surface area contributed by atoms with Crippen LogP contribution in [-0.2, 0) is 12.4 Å². The Morgan fingerprint density at radius 3 is 1.25 bits per heavy atom. The Morgan fingerprint density at radius 1 is 0.625 bits per heavy atom. The molecule has 2 N–H and O–H groups in total. The predicted octanol–water partition coefficient (Wildman–Crippen LogP) is 4.54. The predicted molar refractivity (Wildman–Crippen MR) is 72.2 cm³/mol. The van der Waals surface area contributed by atoms with Crippen LogP contribution in [0.1, 0.15) is 22.3 Å². The van der Waals surface area contributed by atoms with Gasteiger partial charge in [-0.25, -0.2) is 0 Å². The highest BCUT2D eigenvalue weighted by Gasteiger charge is 2.31. The van der Waals surface area contributed by atoms with Crippen molar-refractivity contribution in [3.8, 4) is 23.3 Å². The van der Waals surface area contributed by atoms with Crippen LogP contribution in [0, 0.1) is 11.8 Å². The molecule has 0 fully saturated rings. The molecule has 0 amide bonds. The van der Waals surface area contributed by atoms with E-state index in [0.717, 1.165) is 12.1 Å². The van der Waals surface area contributed by atoms with Gasteiger partial charge in [0, 0.05) is 0 Å². The van der Waals surface area contributed by atoms with Crippen molar-refractivity contribution >= 4 is 0 Å². The summed E-state index contributed by atoms with van der Waals surface area (Å²) < 4.78 is 75.7. The van der Waals surface area contributed by atoms with E-state index in [0.29, 0.717) is 24.3 Å². The molecule has 0 saturated heterocycles. The lowest BCUT2D eigenvalue weighted by Crippen LogP contribution is -2.05. The minimum absolute atomic E-state index is 0.429. The van der Waals surface area contributed by atoms with Crippen molar-refractivity contribution in [2.75, 3.05) is 0 Å². The molecule has 24 heavy (non-hydrogen) atoms. The van der Waals surface area contributed by atoms with E-state index in [1.807, 2.05) is 0 Å². The molecule has 0 aromatic heterocycles. The van der Waals surface area contributed by atoms with Crippen LogP contribution in [0.2, 0.25) is 0 Å². The van der Waals surface area contributed by atoms with Crippen LogP contribution in [-0.4, -0.2) is 10.2 Å². The lowest BCUT2D eigenvalue weighted by Gasteiger charge is -2.08. The second-order valence-electron chi connectivity index (χ2n) is 4.71. The molecule has 0 unspecified atom stereocenters. The summed E-state index contributed by atoms with van der Waals surface area (Å²) in [5.41, 5.74) is -3.00. The van der Waals surface area contributed by atoms with E-state index in [2.05, 4.69) is 11.8 Å². The molecule has 2 aromatic carbocycles. The van der Waals surface area contributed by atoms with Gasteiger partial charge in [0.05, 0.1) is 22.3 Å². The maximum absolute atomic E-state index is 12.6. The molecule has 2 rings (SSSR count). The van der Waals surface area contributed by atoms with Crippen molar-refractivity contribution in [2.24, 2.45) is 0 Å². The number of alkyl halides is 6. The molecule has 0 spiro atoms. The van der Waals surface area contributed by atoms with Crippen LogP contribution in [0.4, 0.5) is 26.3 Å². The summed E-state index contributed by atoms with van der Waals surface area (Å²) in [6, 6.07) is 3.96. The molecule has 0 saturated carbocycles. The third kappa shape index (κ3) is 3.93. The van der Waals surface area contributed by atoms with Crippen molar-refractivity contribution < 1.29 is 36.6 Å². The Labute approximate surface area is 132 Å². The van der Waals surface area contributed by atoms with Crippen LogP contribution in [0.15, 0.2) is 36.4 Å². The van der Waals surface area contributed by atoms with Gasteiger partial charge in [0.2, 0.25) is 0 Å². The van der Waals surface area contributed by atoms with Crippen LogP contribution in [0.3, 0.4) is 0 Å². The summed E-state index contributed by atoms with van der Waals surface area (Å²) in [6.45, 7) is 0. The Balaban J connectivity index is 2.47. The van der Waals surface area contributed by atoms with Crippen LogP contribution < -0.4 is 0 Å². The SMILES string of the molecule is Oc1ccc(C(F)(F)F)cc1C#Cc1cc(C(F)(F)F)ccc1O. The fraction of sp³-hybridized carbons (Fsp3) is 0.125. The number of phenols is 2. The highest BCUT2D eigenvalue weighted by molar-refractivity contribution is 5.54. The van der Waals surface area contributed by atoms with Gasteiger partial charge in [-0.15, -0.1) is 0 Å². The summed E-state index contributed by atoms with van der Waals surface area (Å²) in [5, 5.41) is 19.0. The van der Waals surface area contributed by atoms with Crippen LogP contribution >= 0.6 is 0 Å². The van der Waals surface area contributed by atoms with E-state index in [4.69, 9.17) is 0 Å². The number of phenolic OH excluding ortho intramolecular Hbond substituents is 2. The van der Waals surface area contributed by atoms with E-state index in [1.165, 1.54) is 0 Å². The van der Waals surface area contributed by atoms with E-state index in [9.17, 15) is 36.6 Å². The maximum Gasteiger partial charge on any atom is 0.416 e. The number of hydrogen-bond donors (Lipinski definition) is 2. The fourth-order valence-electron chi connectivity index (χ4n) is 1.76. The number of aromatic hydroxyl groups is 2. The molecule has 0 bridgehead atoms. The van der Waals surface area contributed by atoms with Gasteiger partial charge >= 0.3 is 12.4 Å². The lowest BCUT2D eigenvalue weighted by atomic mass is 10.1. The third-order valence-electron chi connectivity index (χ3n) is 2.98. The second-order valence-corrected chi connectivity index (χ2v) is 4.71. The quantitative estimate of drug-likeness (QED) is 0.543. The van der Waals surface area contributed by atoms with Crippen molar-refractivity contribution in [3.63, 3.8) is 0 Å². The molecule has 0 aliphatic rings. The summed E-state index contributed by atoms with van der Waals surface area (Å²) in [7, 11) is 0. The van der Waals surface area contributed by atoms with E-state index in [-0.39, 0.29) is 0 Å². The average Bonchev–Trinajstić information content (AvgIpc) is 2.45. The molecule has 0 heterocycles. The number of rotatable bonds is 0. The van der Waals surface area contributed by atoms with Crippen molar-refractivity contribution in [1.82, 2.24) is 0 Å². The van der Waals surface area contributed by atoms with E-state index < -0.39 is 46.1 Å². The Kier molecular flexibility index (Phi) is 4.38. The first-order valence-electron chi connectivity index (χ1n) is 6.31. The van der Waals surface area contributed by atoms with E-state index in [1.54, 1.807) is 0 Å². The van der Waals surface area contributed by atoms with Gasteiger partial charge in [-0.2, -0.15) is 26.3 Å². The third-order valence-corrected chi connectivity index (χ3v) is 2.98. The minimum Gasteiger partial charge on any atom is -0.507 e. The number of benzene rings is 2. The van der Waals surface area contributed by atoms with Crippen molar-refractivity contribution in [3.05, 3.63) is 58.7 Å². The van der Waals surface area contributed by atoms with E-state index >= 15 is 0 Å². The lowest BCUT2D eigenvalue weighted by molar-refractivity contribution is -0.138. The zero-order valence-electron chi connectivity index (χ0n) is 11.6. The summed E-state index contributed by atoms with van der Waals surface area (Å²) in [4.78, 5) is 0. The standard InChI is InChI=1S/C16H8F6O2/c17-15(18,19)11-3-5-13(23)9(7-11)1-2-10-8-12(16(20,21)22)4-6-14(10)24/h3-8,23-24H. The Morgan fingerprint density at radius 2 is 0.958 bits per heavy atom. The monoisotopic (exact) mass is 346 g/mol. The van der Waals surface area contributed by atoms with Gasteiger partial charge in [0.1, 0.15) is 11.5 Å². The van der Waals surface area contributed by atoms with Crippen molar-refractivity contribution in [2.45, 2.75) is 12.4 Å². The summed E-state index contributed by atoms with van der Waals surface area (Å²) >= 11 is 0. The molecule has 0 radical (unpaired) electrons. The van der Waals surface area contributed by atoms with Crippen LogP contribution in [0.5, 0.6) is 11.5 Å². The number of halogens is 6. The summed E-state index contributed by atoms with van der Waals surface area (Å²) in [5.74, 6) is 3.13. The molecule has 0 aliphatic heterocycles. The summed E-state index contributed by atoms with van der Waals surface area (Å²) in [6.07, 6.45) is -9.33. The van der Waals surface area contributed by atoms with Gasteiger partial charge in [-0.3, -0.25) is 0 Å². The van der Waals surface area contributed by atoms with Gasteiger partial charge in [0.25, 0.3) is 0 Å². The molecular formula is C16H8F6O2. The first kappa shape index (κ1) is 17.5. The zero-order valence-corrected chi connectivity index (χ0v) is 11.6. The average molecular weight is 346 g/mol. The molecule has 8 heteroatoms. The zero-order chi connectivity index (χ0) is 18.1. The molecule has 0 atom stereocenters. The number of hydrogen-bond acceptors (Lipinski definition) is 2. The Hall–Kier alpha value is -2.82. The molecule has 2 nitrogen and oxygen atoms in total. The van der Waals surface area contributed by atoms with Gasteiger partial charge in [0.15, 0.2) is 0 Å². The first-order valence-corrected chi connectivity index (χ1v) is 6.31. The molecule has 126 valence electrons. The van der Waals surface area contributed by atoms with Gasteiger partial charge in [-0.05, 0) is 36.4 Å². The smallest absolute Gasteiger partial charge is 0.416 e. The molecule has 0 aliphatic carbocycles. The normalized spacial score (nSPS) is 11.8. The van der Waals surface area contributed by atoms with Crippen molar-refractivity contribution in [1.29, 1.82) is 0 Å². The van der Waals surface area contributed by atoms with Gasteiger partial charge < -0.3 is 10.2 Å². The highest BCUT2D eigenvalue weighted by Crippen LogP contribution is 2.33.